The Labute approximate surface area is 188 Å². The number of anilines is 1. The molecule has 0 saturated carbocycles. The van der Waals surface area contributed by atoms with E-state index in [0.29, 0.717) is 5.69 Å². The van der Waals surface area contributed by atoms with E-state index < -0.39 is 11.8 Å². The highest BCUT2D eigenvalue weighted by Gasteiger charge is 2.21. The first-order chi connectivity index (χ1) is 14.7. The highest BCUT2D eigenvalue weighted by Crippen LogP contribution is 2.38. The number of ether oxygens (including phenoxy) is 3. The number of carbonyl (C=O) groups excluding carboxylic acids is 3. The van der Waals surface area contributed by atoms with Crippen molar-refractivity contribution in [1.29, 1.82) is 0 Å². The Kier molecular flexibility index (Phi) is 8.26. The number of rotatable bonds is 9. The number of nitrogens with zero attached hydrogens (tertiary/aromatic N) is 1. The van der Waals surface area contributed by atoms with Crippen LogP contribution < -0.4 is 25.3 Å². The van der Waals surface area contributed by atoms with Crippen molar-refractivity contribution in [1.82, 2.24) is 4.90 Å². The molecule has 166 valence electrons. The number of nitrogens with one attached hydrogen (secondary N) is 1. The first-order valence-corrected chi connectivity index (χ1v) is 9.94. The summed E-state index contributed by atoms with van der Waals surface area (Å²) in [6.45, 7) is 1.32. The van der Waals surface area contributed by atoms with Crippen LogP contribution in [-0.4, -0.2) is 57.0 Å². The van der Waals surface area contributed by atoms with Gasteiger partial charge in [0, 0.05) is 22.8 Å². The van der Waals surface area contributed by atoms with Gasteiger partial charge < -0.3 is 30.2 Å². The molecule has 31 heavy (non-hydrogen) atoms. The lowest BCUT2D eigenvalue weighted by Gasteiger charge is -2.20. The fourth-order valence-corrected chi connectivity index (χ4v) is 3.23. The van der Waals surface area contributed by atoms with Crippen molar-refractivity contribution in [2.24, 2.45) is 5.73 Å². The summed E-state index contributed by atoms with van der Waals surface area (Å²) in [7, 11) is 4.28. The summed E-state index contributed by atoms with van der Waals surface area (Å²) in [4.78, 5) is 37.6. The van der Waals surface area contributed by atoms with Crippen LogP contribution in [0.3, 0.4) is 0 Å². The van der Waals surface area contributed by atoms with Crippen LogP contribution in [0.15, 0.2) is 34.8 Å². The number of likely N-dealkylation sites (N-methyl/N-ethyl adjacent to an activating group) is 1. The zero-order valence-corrected chi connectivity index (χ0v) is 19.2. The molecule has 0 saturated heterocycles. The minimum Gasteiger partial charge on any atom is -0.493 e. The number of hydrogen-bond donors (Lipinski definition) is 2. The maximum Gasteiger partial charge on any atom is 0.255 e. The Bertz CT molecular complexity index is 970. The van der Waals surface area contributed by atoms with Gasteiger partial charge in [0.2, 0.25) is 11.7 Å². The molecule has 3 amide bonds. The van der Waals surface area contributed by atoms with E-state index in [1.165, 1.54) is 38.3 Å². The average molecular weight is 494 g/mol. The number of methoxy groups -OCH3 is 2. The Balaban J connectivity index is 2.16. The fraction of sp³-hybridized carbons (Fsp3) is 0.286. The second-order valence-corrected chi connectivity index (χ2v) is 7.55. The standard InChI is InChI=1S/C21H24BrN3O6/c1-12-7-14(22)5-6-15(12)24-19(27)10-25(2)21(28)13-8-16(29-3)20(17(9-13)30-4)31-11-18(23)26/h5-9H,10-11H2,1-4H3,(H2,23,26)(H,24,27). The van der Waals surface area contributed by atoms with Crippen molar-refractivity contribution in [2.75, 3.05) is 39.7 Å². The Morgan fingerprint density at radius 2 is 1.71 bits per heavy atom. The number of amides is 3. The molecule has 0 aromatic heterocycles. The Morgan fingerprint density at radius 3 is 2.23 bits per heavy atom. The predicted octanol–water partition coefficient (Wildman–Crippen LogP) is 2.35. The molecule has 2 aromatic rings. The fourth-order valence-electron chi connectivity index (χ4n) is 2.75. The zero-order chi connectivity index (χ0) is 23.1. The van der Waals surface area contributed by atoms with Crippen LogP contribution in [-0.2, 0) is 9.59 Å². The van der Waals surface area contributed by atoms with Crippen LogP contribution in [0.5, 0.6) is 17.2 Å². The highest BCUT2D eigenvalue weighted by atomic mass is 79.9. The third-order valence-corrected chi connectivity index (χ3v) is 4.75. The molecular weight excluding hydrogens is 470 g/mol. The van der Waals surface area contributed by atoms with Gasteiger partial charge in [0.25, 0.3) is 11.8 Å². The van der Waals surface area contributed by atoms with Crippen LogP contribution in [0.1, 0.15) is 15.9 Å². The molecule has 0 heterocycles. The van der Waals surface area contributed by atoms with Gasteiger partial charge in [-0.1, -0.05) is 15.9 Å². The second kappa shape index (κ2) is 10.7. The van der Waals surface area contributed by atoms with E-state index in [9.17, 15) is 14.4 Å². The summed E-state index contributed by atoms with van der Waals surface area (Å²) in [6, 6.07) is 8.35. The van der Waals surface area contributed by atoms with Gasteiger partial charge in [-0.2, -0.15) is 0 Å². The van der Waals surface area contributed by atoms with Gasteiger partial charge in [0.05, 0.1) is 20.8 Å². The van der Waals surface area contributed by atoms with Gasteiger partial charge in [-0.25, -0.2) is 0 Å². The lowest BCUT2D eigenvalue weighted by molar-refractivity contribution is -0.120. The maximum atomic E-state index is 12.9. The molecule has 3 N–H and O–H groups in total. The minimum atomic E-state index is -0.670. The molecule has 2 rings (SSSR count). The quantitative estimate of drug-likeness (QED) is 0.553. The number of benzene rings is 2. The minimum absolute atomic E-state index is 0.145. The van der Waals surface area contributed by atoms with E-state index in [2.05, 4.69) is 21.2 Å². The maximum absolute atomic E-state index is 12.9. The summed E-state index contributed by atoms with van der Waals surface area (Å²) in [5.41, 5.74) is 6.88. The first-order valence-electron chi connectivity index (χ1n) is 9.14. The normalized spacial score (nSPS) is 10.2. The molecule has 0 aliphatic carbocycles. The molecular formula is C21H24BrN3O6. The number of primary amides is 1. The molecule has 0 atom stereocenters. The number of hydrogen-bond acceptors (Lipinski definition) is 6. The average Bonchev–Trinajstić information content (AvgIpc) is 2.72. The van der Waals surface area contributed by atoms with Gasteiger partial charge in [-0.15, -0.1) is 0 Å². The molecule has 10 heteroatoms. The first kappa shape index (κ1) is 24.0. The third-order valence-electron chi connectivity index (χ3n) is 4.26. The molecule has 0 aliphatic heterocycles. The van der Waals surface area contributed by atoms with Crippen molar-refractivity contribution in [2.45, 2.75) is 6.92 Å². The number of halogens is 1. The molecule has 0 fully saturated rings. The van der Waals surface area contributed by atoms with Gasteiger partial charge in [0.15, 0.2) is 18.1 Å². The largest absolute Gasteiger partial charge is 0.493 e. The van der Waals surface area contributed by atoms with E-state index in [0.717, 1.165) is 10.0 Å². The van der Waals surface area contributed by atoms with Crippen LogP contribution in [0.2, 0.25) is 0 Å². The third kappa shape index (κ3) is 6.35. The summed E-state index contributed by atoms with van der Waals surface area (Å²) in [5.74, 6) is -0.926. The van der Waals surface area contributed by atoms with Crippen molar-refractivity contribution >= 4 is 39.3 Å². The van der Waals surface area contributed by atoms with Crippen LogP contribution in [0, 0.1) is 6.92 Å². The van der Waals surface area contributed by atoms with Gasteiger partial charge in [-0.3, -0.25) is 14.4 Å². The molecule has 2 aromatic carbocycles. The van der Waals surface area contributed by atoms with Crippen molar-refractivity contribution in [3.63, 3.8) is 0 Å². The van der Waals surface area contributed by atoms with Crippen LogP contribution >= 0.6 is 15.9 Å². The van der Waals surface area contributed by atoms with Gasteiger partial charge in [0.1, 0.15) is 0 Å². The van der Waals surface area contributed by atoms with Crippen molar-refractivity contribution < 1.29 is 28.6 Å². The Morgan fingerprint density at radius 1 is 1.10 bits per heavy atom. The summed E-state index contributed by atoms with van der Waals surface area (Å²) in [5, 5.41) is 2.79. The van der Waals surface area contributed by atoms with Crippen molar-refractivity contribution in [3.05, 3.63) is 45.9 Å². The summed E-state index contributed by atoms with van der Waals surface area (Å²) < 4.78 is 16.8. The Hall–Kier alpha value is -3.27. The van der Waals surface area contributed by atoms with E-state index in [4.69, 9.17) is 19.9 Å². The van der Waals surface area contributed by atoms with E-state index in [1.54, 1.807) is 6.07 Å². The van der Waals surface area contributed by atoms with E-state index in [-0.39, 0.29) is 41.9 Å². The molecule has 9 nitrogen and oxygen atoms in total. The monoisotopic (exact) mass is 493 g/mol. The van der Waals surface area contributed by atoms with E-state index in [1.807, 2.05) is 19.1 Å². The molecule has 0 unspecified atom stereocenters. The molecule has 0 aliphatic rings. The summed E-state index contributed by atoms with van der Waals surface area (Å²) >= 11 is 3.38. The number of carbonyl (C=O) groups is 3. The van der Waals surface area contributed by atoms with E-state index >= 15 is 0 Å². The van der Waals surface area contributed by atoms with Crippen LogP contribution in [0.25, 0.3) is 0 Å². The predicted molar refractivity (Wildman–Crippen MR) is 119 cm³/mol. The lowest BCUT2D eigenvalue weighted by Crippen LogP contribution is -2.35. The highest BCUT2D eigenvalue weighted by molar-refractivity contribution is 9.10. The SMILES string of the molecule is COc1cc(C(=O)N(C)CC(=O)Nc2ccc(Br)cc2C)cc(OC)c1OCC(N)=O. The van der Waals surface area contributed by atoms with Crippen molar-refractivity contribution in [3.8, 4) is 17.2 Å². The zero-order valence-electron chi connectivity index (χ0n) is 17.7. The van der Waals surface area contributed by atoms with Gasteiger partial charge in [-0.05, 0) is 42.8 Å². The number of nitrogens with two attached hydrogens (primary N) is 1. The smallest absolute Gasteiger partial charge is 0.255 e. The second-order valence-electron chi connectivity index (χ2n) is 6.63. The summed E-state index contributed by atoms with van der Waals surface area (Å²) in [6.07, 6.45) is 0. The molecule has 0 bridgehead atoms. The number of aryl methyl sites for hydroxylation is 1. The van der Waals surface area contributed by atoms with Crippen LogP contribution in [0.4, 0.5) is 5.69 Å². The lowest BCUT2D eigenvalue weighted by atomic mass is 10.1. The molecule has 0 radical (unpaired) electrons. The molecule has 0 spiro atoms. The van der Waals surface area contributed by atoms with Gasteiger partial charge >= 0.3 is 0 Å². The topological polar surface area (TPSA) is 120 Å².